The molecule has 2 rings (SSSR count). The number of nitrogens with one attached hydrogen (secondary N) is 1. The van der Waals surface area contributed by atoms with Crippen LogP contribution in [0.15, 0.2) is 42.5 Å². The number of amides is 1. The summed E-state index contributed by atoms with van der Waals surface area (Å²) in [5.74, 6) is 1.44. The largest absolute Gasteiger partial charge is 0.493 e. The lowest BCUT2D eigenvalue weighted by atomic mass is 10.0. The van der Waals surface area contributed by atoms with Crippen LogP contribution in [0, 0.1) is 0 Å². The summed E-state index contributed by atoms with van der Waals surface area (Å²) in [6.07, 6.45) is 1.84. The molecule has 0 aliphatic rings. The Morgan fingerprint density at radius 2 is 1.50 bits per heavy atom. The highest BCUT2D eigenvalue weighted by Gasteiger charge is 2.05. The summed E-state index contributed by atoms with van der Waals surface area (Å²) in [6, 6.07) is 13.9. The lowest BCUT2D eigenvalue weighted by Gasteiger charge is -2.10. The van der Waals surface area contributed by atoms with Crippen LogP contribution in [-0.4, -0.2) is 20.1 Å². The Hall–Kier alpha value is -2.49. The van der Waals surface area contributed by atoms with Gasteiger partial charge in [-0.1, -0.05) is 18.2 Å². The van der Waals surface area contributed by atoms with Gasteiger partial charge in [-0.15, -0.1) is 0 Å². The van der Waals surface area contributed by atoms with Crippen molar-refractivity contribution in [1.82, 2.24) is 0 Å². The Labute approximate surface area is 131 Å². The fourth-order valence-electron chi connectivity index (χ4n) is 2.28. The fourth-order valence-corrected chi connectivity index (χ4v) is 2.28. The van der Waals surface area contributed by atoms with Crippen LogP contribution < -0.4 is 14.8 Å². The molecule has 0 saturated carbocycles. The Kier molecular flexibility index (Phi) is 5.42. The Bertz CT molecular complexity index is 635. The van der Waals surface area contributed by atoms with Gasteiger partial charge >= 0.3 is 0 Å². The number of hydrogen-bond donors (Lipinski definition) is 1. The molecular formula is C18H21NO3. The Morgan fingerprint density at radius 3 is 2.09 bits per heavy atom. The quantitative estimate of drug-likeness (QED) is 0.888. The number of methoxy groups -OCH3 is 2. The van der Waals surface area contributed by atoms with Crippen LogP contribution in [0.1, 0.15) is 18.1 Å². The molecule has 4 heteroatoms. The minimum Gasteiger partial charge on any atom is -0.493 e. The summed E-state index contributed by atoms with van der Waals surface area (Å²) < 4.78 is 10.6. The number of rotatable bonds is 6. The maximum Gasteiger partial charge on any atom is 0.221 e. The first-order chi connectivity index (χ1) is 10.6. The molecule has 0 aliphatic heterocycles. The smallest absolute Gasteiger partial charge is 0.221 e. The molecule has 0 atom stereocenters. The lowest BCUT2D eigenvalue weighted by molar-refractivity contribution is -0.114. The number of carbonyl (C=O) groups is 1. The first kappa shape index (κ1) is 15.9. The summed E-state index contributed by atoms with van der Waals surface area (Å²) in [5.41, 5.74) is 3.25. The van der Waals surface area contributed by atoms with E-state index in [1.807, 2.05) is 42.5 Å². The van der Waals surface area contributed by atoms with Crippen LogP contribution in [0.5, 0.6) is 11.5 Å². The van der Waals surface area contributed by atoms with Crippen LogP contribution in [0.2, 0.25) is 0 Å². The van der Waals surface area contributed by atoms with Crippen LogP contribution in [0.4, 0.5) is 5.69 Å². The van der Waals surface area contributed by atoms with Crippen LogP contribution in [0.3, 0.4) is 0 Å². The van der Waals surface area contributed by atoms with Gasteiger partial charge < -0.3 is 14.8 Å². The van der Waals surface area contributed by atoms with E-state index in [-0.39, 0.29) is 5.91 Å². The summed E-state index contributed by atoms with van der Waals surface area (Å²) in [7, 11) is 3.27. The average Bonchev–Trinajstić information content (AvgIpc) is 2.53. The molecule has 1 N–H and O–H groups in total. The molecule has 0 aromatic heterocycles. The second-order valence-corrected chi connectivity index (χ2v) is 5.07. The van der Waals surface area contributed by atoms with Crippen molar-refractivity contribution in [3.05, 3.63) is 53.6 Å². The maximum absolute atomic E-state index is 11.0. The van der Waals surface area contributed by atoms with E-state index >= 15 is 0 Å². The molecule has 0 saturated heterocycles. The molecule has 0 unspecified atom stereocenters. The van der Waals surface area contributed by atoms with Gasteiger partial charge in [0.05, 0.1) is 14.2 Å². The van der Waals surface area contributed by atoms with E-state index in [0.717, 1.165) is 30.0 Å². The molecule has 0 bridgehead atoms. The molecule has 0 aliphatic carbocycles. The SMILES string of the molecule is COc1ccc(CCc2ccc(NC(C)=O)cc2)cc1OC. The second-order valence-electron chi connectivity index (χ2n) is 5.07. The van der Waals surface area contributed by atoms with Gasteiger partial charge in [0.25, 0.3) is 0 Å². The summed E-state index contributed by atoms with van der Waals surface area (Å²) >= 11 is 0. The normalized spacial score (nSPS) is 10.1. The fraction of sp³-hybridized carbons (Fsp3) is 0.278. The number of ether oxygens (including phenoxy) is 2. The molecule has 22 heavy (non-hydrogen) atoms. The van der Waals surface area contributed by atoms with Gasteiger partial charge in [0.15, 0.2) is 11.5 Å². The van der Waals surface area contributed by atoms with Gasteiger partial charge in [0.2, 0.25) is 5.91 Å². The highest BCUT2D eigenvalue weighted by molar-refractivity contribution is 5.88. The number of benzene rings is 2. The maximum atomic E-state index is 11.0. The Balaban J connectivity index is 1.99. The van der Waals surface area contributed by atoms with Gasteiger partial charge in [-0.3, -0.25) is 4.79 Å². The van der Waals surface area contributed by atoms with Crippen molar-refractivity contribution < 1.29 is 14.3 Å². The molecule has 1 amide bonds. The first-order valence-corrected chi connectivity index (χ1v) is 7.20. The van der Waals surface area contributed by atoms with E-state index in [1.165, 1.54) is 18.1 Å². The second kappa shape index (κ2) is 7.50. The van der Waals surface area contributed by atoms with Gasteiger partial charge in [-0.05, 0) is 48.2 Å². The van der Waals surface area contributed by atoms with Crippen molar-refractivity contribution in [3.63, 3.8) is 0 Å². The molecular weight excluding hydrogens is 278 g/mol. The minimum absolute atomic E-state index is 0.0573. The number of anilines is 1. The highest BCUT2D eigenvalue weighted by atomic mass is 16.5. The standard InChI is InChI=1S/C18H21NO3/c1-13(20)19-16-9-6-14(7-10-16)4-5-15-8-11-17(21-2)18(12-15)22-3/h6-12H,4-5H2,1-3H3,(H,19,20). The summed E-state index contributed by atoms with van der Waals surface area (Å²) in [4.78, 5) is 11.0. The molecule has 116 valence electrons. The zero-order chi connectivity index (χ0) is 15.9. The van der Waals surface area contributed by atoms with E-state index in [1.54, 1.807) is 14.2 Å². The van der Waals surface area contributed by atoms with E-state index in [4.69, 9.17) is 9.47 Å². The van der Waals surface area contributed by atoms with Crippen LogP contribution in [-0.2, 0) is 17.6 Å². The highest BCUT2D eigenvalue weighted by Crippen LogP contribution is 2.28. The minimum atomic E-state index is -0.0573. The predicted octanol–water partition coefficient (Wildman–Crippen LogP) is 3.45. The first-order valence-electron chi connectivity index (χ1n) is 7.20. The van der Waals surface area contributed by atoms with Crippen molar-refractivity contribution in [2.24, 2.45) is 0 Å². The summed E-state index contributed by atoms with van der Waals surface area (Å²) in [6.45, 7) is 1.50. The summed E-state index contributed by atoms with van der Waals surface area (Å²) in [5, 5.41) is 2.76. The predicted molar refractivity (Wildman–Crippen MR) is 87.7 cm³/mol. The van der Waals surface area contributed by atoms with E-state index in [9.17, 15) is 4.79 Å². The van der Waals surface area contributed by atoms with Gasteiger partial charge in [-0.25, -0.2) is 0 Å². The lowest BCUT2D eigenvalue weighted by Crippen LogP contribution is -2.05. The van der Waals surface area contributed by atoms with Crippen LogP contribution in [0.25, 0.3) is 0 Å². The van der Waals surface area contributed by atoms with Gasteiger partial charge in [-0.2, -0.15) is 0 Å². The van der Waals surface area contributed by atoms with Crippen molar-refractivity contribution in [3.8, 4) is 11.5 Å². The van der Waals surface area contributed by atoms with Crippen molar-refractivity contribution in [2.45, 2.75) is 19.8 Å². The van der Waals surface area contributed by atoms with E-state index in [0.29, 0.717) is 0 Å². The third kappa shape index (κ3) is 4.25. The molecule has 2 aromatic carbocycles. The molecule has 0 spiro atoms. The molecule has 0 fully saturated rings. The zero-order valence-electron chi connectivity index (χ0n) is 13.2. The molecule has 0 heterocycles. The average molecular weight is 299 g/mol. The van der Waals surface area contributed by atoms with Crippen molar-refractivity contribution in [2.75, 3.05) is 19.5 Å². The number of carbonyl (C=O) groups excluding carboxylic acids is 1. The van der Waals surface area contributed by atoms with E-state index < -0.39 is 0 Å². The monoisotopic (exact) mass is 299 g/mol. The number of hydrogen-bond acceptors (Lipinski definition) is 3. The number of aryl methyl sites for hydroxylation is 2. The topological polar surface area (TPSA) is 47.6 Å². The van der Waals surface area contributed by atoms with Crippen molar-refractivity contribution >= 4 is 11.6 Å². The molecule has 4 nitrogen and oxygen atoms in total. The van der Waals surface area contributed by atoms with E-state index in [2.05, 4.69) is 5.32 Å². The third-order valence-electron chi connectivity index (χ3n) is 3.42. The molecule has 0 radical (unpaired) electrons. The Morgan fingerprint density at radius 1 is 0.909 bits per heavy atom. The van der Waals surface area contributed by atoms with Crippen LogP contribution >= 0.6 is 0 Å². The van der Waals surface area contributed by atoms with Gasteiger partial charge in [0, 0.05) is 12.6 Å². The zero-order valence-corrected chi connectivity index (χ0v) is 13.2. The van der Waals surface area contributed by atoms with Gasteiger partial charge in [0.1, 0.15) is 0 Å². The van der Waals surface area contributed by atoms with Crippen molar-refractivity contribution in [1.29, 1.82) is 0 Å². The molecule has 2 aromatic rings. The third-order valence-corrected chi connectivity index (χ3v) is 3.42.